The van der Waals surface area contributed by atoms with Gasteiger partial charge in [-0.1, -0.05) is 0 Å². The first-order valence-corrected chi connectivity index (χ1v) is 5.88. The van der Waals surface area contributed by atoms with Crippen molar-refractivity contribution in [3.8, 4) is 0 Å². The van der Waals surface area contributed by atoms with Crippen molar-refractivity contribution < 1.29 is 20.1 Å². The molecule has 0 spiro atoms. The lowest BCUT2D eigenvalue weighted by atomic mass is 10.00. The van der Waals surface area contributed by atoms with E-state index in [9.17, 15) is 20.1 Å². The van der Waals surface area contributed by atoms with Gasteiger partial charge in [0.1, 0.15) is 30.2 Å². The minimum atomic E-state index is -1.38. The minimum absolute atomic E-state index is 0.0812. The number of aromatic amines is 2. The van der Waals surface area contributed by atoms with Gasteiger partial charge < -0.3 is 30.8 Å². The summed E-state index contributed by atoms with van der Waals surface area (Å²) in [5, 5.41) is 28.9. The van der Waals surface area contributed by atoms with Crippen molar-refractivity contribution in [3.05, 3.63) is 16.2 Å². The Morgan fingerprint density at radius 3 is 2.70 bits per heavy atom. The van der Waals surface area contributed by atoms with Gasteiger partial charge in [-0.3, -0.25) is 9.78 Å². The van der Waals surface area contributed by atoms with Crippen LogP contribution in [0.1, 0.15) is 11.9 Å². The van der Waals surface area contributed by atoms with Crippen LogP contribution in [0.2, 0.25) is 0 Å². The van der Waals surface area contributed by atoms with Crippen molar-refractivity contribution in [1.82, 2.24) is 19.9 Å². The Hall–Kier alpha value is -2.01. The Balaban J connectivity index is 2.02. The first kappa shape index (κ1) is 13.0. The number of anilines is 1. The summed E-state index contributed by atoms with van der Waals surface area (Å²) in [6.45, 7) is -0.161. The number of aliphatic hydroxyl groups excluding tert-OH is 3. The van der Waals surface area contributed by atoms with Crippen LogP contribution < -0.4 is 11.3 Å². The molecule has 0 amide bonds. The van der Waals surface area contributed by atoms with Gasteiger partial charge in [-0.05, 0) is 0 Å². The highest BCUT2D eigenvalue weighted by Gasteiger charge is 2.40. The fourth-order valence-corrected chi connectivity index (χ4v) is 2.12. The van der Waals surface area contributed by atoms with E-state index in [4.69, 9.17) is 10.5 Å². The Labute approximate surface area is 111 Å². The van der Waals surface area contributed by atoms with Gasteiger partial charge in [0.2, 0.25) is 5.95 Å². The maximum Gasteiger partial charge on any atom is 0.278 e. The molecule has 1 aliphatic rings. The van der Waals surface area contributed by atoms with E-state index >= 15 is 0 Å². The summed E-state index contributed by atoms with van der Waals surface area (Å²) in [5.74, 6) is 0.0446. The Kier molecular flexibility index (Phi) is 2.94. The average Bonchev–Trinajstić information content (AvgIpc) is 2.80. The van der Waals surface area contributed by atoms with E-state index in [1.54, 1.807) is 0 Å². The maximum atomic E-state index is 11.7. The lowest BCUT2D eigenvalue weighted by Crippen LogP contribution is -2.49. The third-order valence-electron chi connectivity index (χ3n) is 3.17. The monoisotopic (exact) mass is 283 g/mol. The van der Waals surface area contributed by atoms with E-state index in [-0.39, 0.29) is 29.5 Å². The lowest BCUT2D eigenvalue weighted by Gasteiger charge is -2.34. The molecule has 0 saturated carbocycles. The standard InChI is InChI=1S/C10H13N5O5/c11-10-14-7-3(9(19)15-10)12-8(13-7)6-5(18)4(17)2(16)1-20-6/h2,4-6,16-18H,1H2,(H4,11,12,13,14,15,19)/t2-,4-,5-,6-/m0/s1. The number of fused-ring (bicyclic) bond motifs is 1. The van der Waals surface area contributed by atoms with Crippen LogP contribution in [0.5, 0.6) is 0 Å². The van der Waals surface area contributed by atoms with Gasteiger partial charge in [-0.15, -0.1) is 0 Å². The normalized spacial score (nSPS) is 30.8. The molecule has 0 bridgehead atoms. The van der Waals surface area contributed by atoms with Crippen LogP contribution in [0, 0.1) is 0 Å². The second-order valence-electron chi connectivity index (χ2n) is 4.57. The van der Waals surface area contributed by atoms with Crippen molar-refractivity contribution in [3.63, 3.8) is 0 Å². The zero-order valence-electron chi connectivity index (χ0n) is 10.1. The van der Waals surface area contributed by atoms with Crippen LogP contribution >= 0.6 is 0 Å². The molecule has 7 N–H and O–H groups in total. The zero-order chi connectivity index (χ0) is 14.4. The van der Waals surface area contributed by atoms with Crippen LogP contribution in [0.4, 0.5) is 5.95 Å². The predicted octanol–water partition coefficient (Wildman–Crippen LogP) is -2.62. The van der Waals surface area contributed by atoms with E-state index in [2.05, 4.69) is 19.9 Å². The van der Waals surface area contributed by atoms with Crippen LogP contribution in [-0.2, 0) is 4.74 Å². The summed E-state index contributed by atoms with van der Waals surface area (Å²) < 4.78 is 5.23. The molecule has 2 aromatic rings. The molecule has 1 aliphatic heterocycles. The second kappa shape index (κ2) is 4.52. The molecule has 4 atom stereocenters. The summed E-state index contributed by atoms with van der Waals surface area (Å²) in [6.07, 6.45) is -4.92. The topological polar surface area (TPSA) is 170 Å². The molecule has 0 radical (unpaired) electrons. The molecule has 3 heterocycles. The number of aliphatic hydroxyl groups is 3. The van der Waals surface area contributed by atoms with E-state index in [1.165, 1.54) is 0 Å². The first-order valence-electron chi connectivity index (χ1n) is 5.88. The fourth-order valence-electron chi connectivity index (χ4n) is 2.12. The van der Waals surface area contributed by atoms with Crippen LogP contribution in [0.15, 0.2) is 4.79 Å². The van der Waals surface area contributed by atoms with Crippen LogP contribution in [-0.4, -0.2) is 60.2 Å². The van der Waals surface area contributed by atoms with Crippen molar-refractivity contribution in [2.45, 2.75) is 24.4 Å². The van der Waals surface area contributed by atoms with Gasteiger partial charge in [-0.2, -0.15) is 4.98 Å². The van der Waals surface area contributed by atoms with Crippen molar-refractivity contribution in [2.75, 3.05) is 12.3 Å². The van der Waals surface area contributed by atoms with Gasteiger partial charge >= 0.3 is 0 Å². The highest BCUT2D eigenvalue weighted by Crippen LogP contribution is 2.27. The number of hydrogen-bond acceptors (Lipinski definition) is 8. The van der Waals surface area contributed by atoms with E-state index in [0.717, 1.165) is 0 Å². The summed E-state index contributed by atoms with van der Waals surface area (Å²) >= 11 is 0. The molecule has 1 saturated heterocycles. The molecule has 0 unspecified atom stereocenters. The Morgan fingerprint density at radius 2 is 1.95 bits per heavy atom. The van der Waals surface area contributed by atoms with Crippen molar-refractivity contribution in [1.29, 1.82) is 0 Å². The summed E-state index contributed by atoms with van der Waals surface area (Å²) in [5.41, 5.74) is 5.07. The maximum absolute atomic E-state index is 11.7. The van der Waals surface area contributed by atoms with Crippen LogP contribution in [0.3, 0.4) is 0 Å². The molecule has 108 valence electrons. The molecule has 3 rings (SSSR count). The van der Waals surface area contributed by atoms with Gasteiger partial charge in [0, 0.05) is 0 Å². The number of hydrogen-bond donors (Lipinski definition) is 6. The van der Waals surface area contributed by atoms with Crippen molar-refractivity contribution >= 4 is 17.1 Å². The summed E-state index contributed by atoms with van der Waals surface area (Å²) in [4.78, 5) is 24.5. The molecular formula is C10H13N5O5. The molecule has 1 fully saturated rings. The average molecular weight is 283 g/mol. The number of ether oxygens (including phenoxy) is 1. The highest BCUT2D eigenvalue weighted by molar-refractivity contribution is 5.70. The lowest BCUT2D eigenvalue weighted by molar-refractivity contribution is -0.191. The molecular weight excluding hydrogens is 270 g/mol. The number of rotatable bonds is 1. The van der Waals surface area contributed by atoms with Crippen molar-refractivity contribution in [2.24, 2.45) is 0 Å². The number of nitrogen functional groups attached to an aromatic ring is 1. The highest BCUT2D eigenvalue weighted by atomic mass is 16.5. The number of nitrogens with one attached hydrogen (secondary N) is 2. The number of aromatic nitrogens is 4. The number of H-pyrrole nitrogens is 2. The number of nitrogens with zero attached hydrogens (tertiary/aromatic N) is 2. The second-order valence-corrected chi connectivity index (χ2v) is 4.57. The molecule has 2 aromatic heterocycles. The van der Waals surface area contributed by atoms with E-state index in [1.807, 2.05) is 0 Å². The third kappa shape index (κ3) is 1.94. The van der Waals surface area contributed by atoms with Gasteiger partial charge in [0.25, 0.3) is 5.56 Å². The smallest absolute Gasteiger partial charge is 0.278 e. The van der Waals surface area contributed by atoms with Crippen LogP contribution in [0.25, 0.3) is 11.2 Å². The number of imidazole rings is 1. The number of nitrogens with two attached hydrogens (primary N) is 1. The Bertz CT molecular complexity index is 697. The molecule has 10 heteroatoms. The molecule has 20 heavy (non-hydrogen) atoms. The van der Waals surface area contributed by atoms with E-state index < -0.39 is 30.0 Å². The summed E-state index contributed by atoms with van der Waals surface area (Å²) in [7, 11) is 0. The van der Waals surface area contributed by atoms with Gasteiger partial charge in [0.15, 0.2) is 11.2 Å². The predicted molar refractivity (Wildman–Crippen MR) is 65.6 cm³/mol. The molecule has 0 aliphatic carbocycles. The van der Waals surface area contributed by atoms with Gasteiger partial charge in [-0.25, -0.2) is 4.98 Å². The van der Waals surface area contributed by atoms with Gasteiger partial charge in [0.05, 0.1) is 6.61 Å². The molecule has 10 nitrogen and oxygen atoms in total. The third-order valence-corrected chi connectivity index (χ3v) is 3.17. The fraction of sp³-hybridized carbons (Fsp3) is 0.500. The quantitative estimate of drug-likeness (QED) is 0.330. The largest absolute Gasteiger partial charge is 0.388 e. The minimum Gasteiger partial charge on any atom is -0.388 e. The first-order chi connectivity index (χ1) is 9.47. The summed E-state index contributed by atoms with van der Waals surface area (Å²) in [6, 6.07) is 0. The molecule has 0 aromatic carbocycles. The SMILES string of the molecule is Nc1nc2nc([C@H]3OC[C@H](O)[C@H](O)[C@@H]3O)[nH]c2c(=O)[nH]1. The Morgan fingerprint density at radius 1 is 1.20 bits per heavy atom. The zero-order valence-corrected chi connectivity index (χ0v) is 10.1. The van der Waals surface area contributed by atoms with E-state index in [0.29, 0.717) is 0 Å².